The van der Waals surface area contributed by atoms with E-state index >= 15 is 0 Å². The summed E-state index contributed by atoms with van der Waals surface area (Å²) in [5.41, 5.74) is 3.35. The molecule has 3 rings (SSSR count). The molecule has 0 atom stereocenters. The lowest BCUT2D eigenvalue weighted by molar-refractivity contribution is 0.562. The van der Waals surface area contributed by atoms with Gasteiger partial charge in [-0.2, -0.15) is 0 Å². The van der Waals surface area contributed by atoms with E-state index in [-0.39, 0.29) is 10.8 Å². The zero-order chi connectivity index (χ0) is 12.2. The number of H-pyrrole nitrogens is 1. The Bertz CT molecular complexity index is 624. The van der Waals surface area contributed by atoms with Gasteiger partial charge in [0, 0.05) is 28.9 Å². The van der Waals surface area contributed by atoms with E-state index in [0.717, 1.165) is 29.6 Å². The fourth-order valence-electron chi connectivity index (χ4n) is 2.17. The number of aromatic amines is 1. The summed E-state index contributed by atoms with van der Waals surface area (Å²) in [4.78, 5) is 11.9. The van der Waals surface area contributed by atoms with Crippen molar-refractivity contribution in [1.82, 2.24) is 9.61 Å². The first-order valence-corrected chi connectivity index (χ1v) is 6.21. The van der Waals surface area contributed by atoms with Crippen molar-refractivity contribution >= 4 is 5.52 Å². The van der Waals surface area contributed by atoms with Gasteiger partial charge in [0.25, 0.3) is 0 Å². The SMILES string of the molecule is CC(C)(C)c1cc2cc(=O)c(C3CC3)cn2[nH]1. The van der Waals surface area contributed by atoms with Crippen LogP contribution < -0.4 is 5.43 Å². The van der Waals surface area contributed by atoms with E-state index in [2.05, 4.69) is 31.9 Å². The number of hydrogen-bond donors (Lipinski definition) is 1. The Morgan fingerprint density at radius 1 is 1.29 bits per heavy atom. The standard InChI is InChI=1S/C14H18N2O/c1-14(2,3)13-7-10-6-12(17)11(9-4-5-9)8-16(10)15-13/h6-9,15H,4-5H2,1-3H3. The minimum atomic E-state index is 0.0782. The summed E-state index contributed by atoms with van der Waals surface area (Å²) in [6.45, 7) is 6.49. The molecule has 2 heterocycles. The predicted octanol–water partition coefficient (Wildman–Crippen LogP) is 2.80. The van der Waals surface area contributed by atoms with Gasteiger partial charge in [0.2, 0.25) is 0 Å². The van der Waals surface area contributed by atoms with E-state index in [0.29, 0.717) is 5.92 Å². The molecule has 3 heteroatoms. The molecule has 90 valence electrons. The van der Waals surface area contributed by atoms with Crippen LogP contribution in [0.3, 0.4) is 0 Å². The van der Waals surface area contributed by atoms with Crippen LogP contribution in [0, 0.1) is 0 Å². The Hall–Kier alpha value is -1.51. The normalized spacial score (nSPS) is 16.6. The van der Waals surface area contributed by atoms with Crippen LogP contribution >= 0.6 is 0 Å². The maximum Gasteiger partial charge on any atom is 0.185 e. The summed E-state index contributed by atoms with van der Waals surface area (Å²) in [5, 5.41) is 3.36. The fraction of sp³-hybridized carbons (Fsp3) is 0.500. The van der Waals surface area contributed by atoms with Crippen LogP contribution in [0.25, 0.3) is 5.52 Å². The molecule has 1 N–H and O–H groups in total. The predicted molar refractivity (Wildman–Crippen MR) is 68.7 cm³/mol. The van der Waals surface area contributed by atoms with Crippen molar-refractivity contribution in [3.8, 4) is 0 Å². The quantitative estimate of drug-likeness (QED) is 0.803. The monoisotopic (exact) mass is 230 g/mol. The summed E-state index contributed by atoms with van der Waals surface area (Å²) >= 11 is 0. The van der Waals surface area contributed by atoms with E-state index in [1.807, 2.05) is 10.7 Å². The molecule has 1 fully saturated rings. The second-order valence-corrected chi connectivity index (χ2v) is 6.08. The first-order valence-electron chi connectivity index (χ1n) is 6.21. The highest BCUT2D eigenvalue weighted by Crippen LogP contribution is 2.38. The highest BCUT2D eigenvalue weighted by molar-refractivity contribution is 5.50. The molecule has 1 aliphatic rings. The molecule has 0 aliphatic heterocycles. The zero-order valence-electron chi connectivity index (χ0n) is 10.6. The third kappa shape index (κ3) is 1.79. The average Bonchev–Trinajstić information content (AvgIpc) is 2.96. The fourth-order valence-corrected chi connectivity index (χ4v) is 2.17. The lowest BCUT2D eigenvalue weighted by Gasteiger charge is -2.15. The molecule has 0 aromatic carbocycles. The lowest BCUT2D eigenvalue weighted by atomic mass is 9.92. The molecule has 1 saturated carbocycles. The van der Waals surface area contributed by atoms with E-state index in [9.17, 15) is 4.79 Å². The van der Waals surface area contributed by atoms with E-state index in [1.165, 1.54) is 0 Å². The largest absolute Gasteiger partial charge is 0.298 e. The van der Waals surface area contributed by atoms with E-state index < -0.39 is 0 Å². The second kappa shape index (κ2) is 3.25. The molecule has 1 aliphatic carbocycles. The molecule has 0 amide bonds. The van der Waals surface area contributed by atoms with Crippen LogP contribution in [-0.4, -0.2) is 9.61 Å². The zero-order valence-corrected chi connectivity index (χ0v) is 10.6. The van der Waals surface area contributed by atoms with Gasteiger partial charge in [0.1, 0.15) is 0 Å². The van der Waals surface area contributed by atoms with Gasteiger partial charge in [0.05, 0.1) is 5.52 Å². The Morgan fingerprint density at radius 2 is 2.00 bits per heavy atom. The maximum absolute atomic E-state index is 11.9. The molecular formula is C14H18N2O. The summed E-state index contributed by atoms with van der Waals surface area (Å²) < 4.78 is 1.98. The Labute approximate surface area is 100 Å². The third-order valence-electron chi connectivity index (χ3n) is 3.47. The average molecular weight is 230 g/mol. The van der Waals surface area contributed by atoms with Gasteiger partial charge in [-0.3, -0.25) is 14.4 Å². The molecule has 2 aromatic heterocycles. The van der Waals surface area contributed by atoms with Gasteiger partial charge in [-0.15, -0.1) is 0 Å². The molecule has 2 aromatic rings. The molecule has 0 radical (unpaired) electrons. The minimum absolute atomic E-state index is 0.0782. The van der Waals surface area contributed by atoms with Crippen molar-refractivity contribution in [2.75, 3.05) is 0 Å². The van der Waals surface area contributed by atoms with Gasteiger partial charge < -0.3 is 0 Å². The number of fused-ring (bicyclic) bond motifs is 1. The van der Waals surface area contributed by atoms with E-state index in [4.69, 9.17) is 0 Å². The Kier molecular flexibility index (Phi) is 2.03. The number of rotatable bonds is 1. The minimum Gasteiger partial charge on any atom is -0.298 e. The molecular weight excluding hydrogens is 212 g/mol. The van der Waals surface area contributed by atoms with Gasteiger partial charge in [0.15, 0.2) is 5.43 Å². The van der Waals surface area contributed by atoms with Crippen LogP contribution in [0.5, 0.6) is 0 Å². The molecule has 0 unspecified atom stereocenters. The van der Waals surface area contributed by atoms with Crippen molar-refractivity contribution < 1.29 is 0 Å². The lowest BCUT2D eigenvalue weighted by Crippen LogP contribution is -2.12. The van der Waals surface area contributed by atoms with Crippen molar-refractivity contribution in [3.63, 3.8) is 0 Å². The summed E-state index contributed by atoms with van der Waals surface area (Å²) in [7, 11) is 0. The van der Waals surface area contributed by atoms with Gasteiger partial charge in [-0.25, -0.2) is 0 Å². The highest BCUT2D eigenvalue weighted by Gasteiger charge is 2.26. The van der Waals surface area contributed by atoms with Crippen molar-refractivity contribution in [1.29, 1.82) is 0 Å². The van der Waals surface area contributed by atoms with Gasteiger partial charge >= 0.3 is 0 Å². The second-order valence-electron chi connectivity index (χ2n) is 6.08. The van der Waals surface area contributed by atoms with E-state index in [1.54, 1.807) is 6.07 Å². The Balaban J connectivity index is 2.19. The third-order valence-corrected chi connectivity index (χ3v) is 3.47. The van der Waals surface area contributed by atoms with Crippen molar-refractivity contribution in [2.24, 2.45) is 0 Å². The van der Waals surface area contributed by atoms with Crippen molar-refractivity contribution in [3.05, 3.63) is 39.8 Å². The summed E-state index contributed by atoms with van der Waals surface area (Å²) in [5.74, 6) is 0.501. The number of pyridine rings is 1. The van der Waals surface area contributed by atoms with Crippen molar-refractivity contribution in [2.45, 2.75) is 44.9 Å². The molecule has 0 saturated heterocycles. The number of aromatic nitrogens is 2. The number of hydrogen-bond acceptors (Lipinski definition) is 1. The van der Waals surface area contributed by atoms with Crippen LogP contribution in [0.15, 0.2) is 23.1 Å². The molecule has 0 bridgehead atoms. The van der Waals surface area contributed by atoms with Crippen LogP contribution in [-0.2, 0) is 5.41 Å². The van der Waals surface area contributed by atoms with Crippen LogP contribution in [0.2, 0.25) is 0 Å². The number of nitrogens with zero attached hydrogens (tertiary/aromatic N) is 1. The summed E-state index contributed by atoms with van der Waals surface area (Å²) in [6.07, 6.45) is 4.30. The molecule has 0 spiro atoms. The topological polar surface area (TPSA) is 37.3 Å². The first kappa shape index (κ1) is 10.6. The first-order chi connectivity index (χ1) is 7.95. The molecule has 17 heavy (non-hydrogen) atoms. The molecule has 3 nitrogen and oxygen atoms in total. The maximum atomic E-state index is 11.9. The highest BCUT2D eigenvalue weighted by atomic mass is 16.1. The number of nitrogens with one attached hydrogen (secondary N) is 1. The summed E-state index contributed by atoms with van der Waals surface area (Å²) in [6, 6.07) is 3.82. The smallest absolute Gasteiger partial charge is 0.185 e. The Morgan fingerprint density at radius 3 is 2.59 bits per heavy atom. The van der Waals surface area contributed by atoms with Gasteiger partial charge in [-0.05, 0) is 24.8 Å². The van der Waals surface area contributed by atoms with Crippen LogP contribution in [0.4, 0.5) is 0 Å². The van der Waals surface area contributed by atoms with Crippen LogP contribution in [0.1, 0.15) is 50.8 Å². The van der Waals surface area contributed by atoms with Gasteiger partial charge in [-0.1, -0.05) is 20.8 Å².